The molecule has 1 fully saturated rings. The van der Waals surface area contributed by atoms with Crippen LogP contribution in [0.3, 0.4) is 0 Å². The maximum Gasteiger partial charge on any atom is 0.433 e. The third-order valence-corrected chi connectivity index (χ3v) is 8.95. The number of pyridine rings is 2. The summed E-state index contributed by atoms with van der Waals surface area (Å²) in [5.41, 5.74) is 2.35. The highest BCUT2D eigenvalue weighted by Gasteiger charge is 2.32. The second-order valence-corrected chi connectivity index (χ2v) is 12.8. The van der Waals surface area contributed by atoms with Crippen LogP contribution in [0.1, 0.15) is 67.8 Å². The minimum absolute atomic E-state index is 0.128. The Morgan fingerprint density at radius 2 is 1.96 bits per heavy atom. The van der Waals surface area contributed by atoms with Crippen molar-refractivity contribution in [3.8, 4) is 33.3 Å². The number of carbonyl (C=O) groups excluding carboxylic acids is 1. The summed E-state index contributed by atoms with van der Waals surface area (Å²) in [6.07, 6.45) is -0.334. The quantitative estimate of drug-likeness (QED) is 0.198. The maximum absolute atomic E-state index is 14.6. The average Bonchev–Trinajstić information content (AvgIpc) is 3.50. The summed E-state index contributed by atoms with van der Waals surface area (Å²) in [4.78, 5) is 39.0. The van der Waals surface area contributed by atoms with Crippen LogP contribution in [0, 0.1) is 11.8 Å². The van der Waals surface area contributed by atoms with Gasteiger partial charge in [-0.1, -0.05) is 33.8 Å². The molecule has 1 amide bonds. The number of halogens is 3. The fourth-order valence-corrected chi connectivity index (χ4v) is 6.64. The van der Waals surface area contributed by atoms with E-state index in [2.05, 4.69) is 30.7 Å². The molecule has 1 aliphatic heterocycles. The molecule has 1 aromatic carbocycles. The summed E-state index contributed by atoms with van der Waals surface area (Å²) in [6.45, 7) is 9.53. The van der Waals surface area contributed by atoms with Gasteiger partial charge in [0, 0.05) is 42.0 Å². The highest BCUT2D eigenvalue weighted by Crippen LogP contribution is 2.33. The zero-order chi connectivity index (χ0) is 32.5. The van der Waals surface area contributed by atoms with Crippen LogP contribution >= 0.6 is 11.3 Å². The molecule has 1 atom stereocenters. The van der Waals surface area contributed by atoms with E-state index in [0.29, 0.717) is 70.8 Å². The van der Waals surface area contributed by atoms with Crippen molar-refractivity contribution >= 4 is 17.2 Å². The van der Waals surface area contributed by atoms with Crippen molar-refractivity contribution in [2.75, 3.05) is 20.2 Å². The van der Waals surface area contributed by atoms with Crippen LogP contribution < -0.4 is 10.3 Å². The normalized spacial score (nSPS) is 15.5. The van der Waals surface area contributed by atoms with Crippen LogP contribution in [0.15, 0.2) is 52.8 Å². The molecule has 0 spiro atoms. The lowest BCUT2D eigenvalue weighted by molar-refractivity contribution is -0.141. The summed E-state index contributed by atoms with van der Waals surface area (Å²) >= 11 is 1.20. The van der Waals surface area contributed by atoms with E-state index in [1.54, 1.807) is 23.1 Å². The second kappa shape index (κ2) is 13.2. The van der Waals surface area contributed by atoms with Crippen molar-refractivity contribution in [3.05, 3.63) is 80.8 Å². The molecule has 0 saturated carbocycles. The summed E-state index contributed by atoms with van der Waals surface area (Å²) < 4.78 is 46.5. The first kappa shape index (κ1) is 32.4. The lowest BCUT2D eigenvalue weighted by Crippen LogP contribution is -2.40. The predicted octanol–water partition coefficient (Wildman–Crippen LogP) is 7.68. The van der Waals surface area contributed by atoms with Gasteiger partial charge < -0.3 is 9.64 Å². The number of alkyl halides is 3. The number of ether oxygens (including phenoxy) is 1. The predicted molar refractivity (Wildman–Crippen MR) is 170 cm³/mol. The number of thiazole rings is 1. The number of aromatic nitrogens is 3. The molecule has 0 aliphatic carbocycles. The Morgan fingerprint density at radius 1 is 1.18 bits per heavy atom. The van der Waals surface area contributed by atoms with Crippen molar-refractivity contribution in [2.24, 2.45) is 11.8 Å². The molecule has 45 heavy (non-hydrogen) atoms. The lowest BCUT2D eigenvalue weighted by Gasteiger charge is -2.32. The number of hydrogen-bond acceptors (Lipinski definition) is 6. The Labute approximate surface area is 264 Å². The number of hydrogen-bond donors (Lipinski definition) is 0. The van der Waals surface area contributed by atoms with Crippen LogP contribution in [0.4, 0.5) is 13.2 Å². The zero-order valence-corrected chi connectivity index (χ0v) is 26.9. The number of amides is 1. The lowest BCUT2D eigenvalue weighted by atomic mass is 9.96. The molecular weight excluding hydrogens is 601 g/mol. The number of likely N-dealkylation sites (tertiary alicyclic amines) is 1. The molecule has 11 heteroatoms. The van der Waals surface area contributed by atoms with Crippen LogP contribution in [-0.2, 0) is 19.0 Å². The Morgan fingerprint density at radius 3 is 2.58 bits per heavy atom. The number of nitrogens with zero attached hydrogens (tertiary/aromatic N) is 4. The van der Waals surface area contributed by atoms with Gasteiger partial charge >= 0.3 is 6.18 Å². The Hall–Kier alpha value is -3.99. The van der Waals surface area contributed by atoms with Gasteiger partial charge in [0.25, 0.3) is 11.5 Å². The monoisotopic (exact) mass is 638 g/mol. The maximum atomic E-state index is 14.6. The van der Waals surface area contributed by atoms with Gasteiger partial charge in [0.1, 0.15) is 16.5 Å². The van der Waals surface area contributed by atoms with E-state index in [9.17, 15) is 22.8 Å². The van der Waals surface area contributed by atoms with Crippen LogP contribution in [0.25, 0.3) is 27.5 Å². The number of aryl methyl sites for hydroxylation is 1. The number of methoxy groups -OCH3 is 1. The van der Waals surface area contributed by atoms with Crippen molar-refractivity contribution in [1.82, 2.24) is 19.4 Å². The molecule has 238 valence electrons. The molecule has 0 unspecified atom stereocenters. The van der Waals surface area contributed by atoms with Gasteiger partial charge in [0.05, 0.1) is 29.6 Å². The van der Waals surface area contributed by atoms with E-state index >= 15 is 0 Å². The van der Waals surface area contributed by atoms with Crippen LogP contribution in [-0.4, -0.2) is 45.5 Å². The molecule has 3 aromatic heterocycles. The topological polar surface area (TPSA) is 77.3 Å². The number of benzene rings is 1. The van der Waals surface area contributed by atoms with Gasteiger partial charge in [0.15, 0.2) is 0 Å². The smallest absolute Gasteiger partial charge is 0.433 e. The summed E-state index contributed by atoms with van der Waals surface area (Å²) in [5, 5.41) is 2.05. The first-order chi connectivity index (χ1) is 21.4. The fourth-order valence-electron chi connectivity index (χ4n) is 5.80. The van der Waals surface area contributed by atoms with E-state index in [4.69, 9.17) is 4.74 Å². The van der Waals surface area contributed by atoms with Crippen molar-refractivity contribution in [1.29, 1.82) is 0 Å². The molecule has 7 nitrogen and oxygen atoms in total. The number of carbonyl (C=O) groups is 1. The highest BCUT2D eigenvalue weighted by molar-refractivity contribution is 7.13. The van der Waals surface area contributed by atoms with Crippen molar-refractivity contribution in [2.45, 2.75) is 59.6 Å². The van der Waals surface area contributed by atoms with Gasteiger partial charge in [-0.3, -0.25) is 19.1 Å². The van der Waals surface area contributed by atoms with Gasteiger partial charge in [-0.05, 0) is 67.3 Å². The van der Waals surface area contributed by atoms with Gasteiger partial charge in [0.2, 0.25) is 0 Å². The molecule has 4 heterocycles. The summed E-state index contributed by atoms with van der Waals surface area (Å²) in [7, 11) is 1.57. The van der Waals surface area contributed by atoms with E-state index < -0.39 is 11.9 Å². The third-order valence-electron chi connectivity index (χ3n) is 8.08. The largest absolute Gasteiger partial charge is 0.497 e. The Kier molecular flexibility index (Phi) is 9.48. The Balaban J connectivity index is 1.74. The van der Waals surface area contributed by atoms with Gasteiger partial charge in [-0.25, -0.2) is 4.98 Å². The molecule has 0 bridgehead atoms. The molecule has 1 saturated heterocycles. The van der Waals surface area contributed by atoms with E-state index in [-0.39, 0.29) is 22.9 Å². The van der Waals surface area contributed by atoms with Gasteiger partial charge in [-0.15, -0.1) is 11.3 Å². The molecule has 0 N–H and O–H groups in total. The van der Waals surface area contributed by atoms with Crippen molar-refractivity contribution < 1.29 is 22.7 Å². The fraction of sp³-hybridized carbons (Fsp3) is 0.412. The number of rotatable bonds is 8. The van der Waals surface area contributed by atoms with E-state index in [0.717, 1.165) is 30.7 Å². The zero-order valence-electron chi connectivity index (χ0n) is 26.1. The van der Waals surface area contributed by atoms with Crippen LogP contribution in [0.5, 0.6) is 5.75 Å². The van der Waals surface area contributed by atoms with Gasteiger partial charge in [-0.2, -0.15) is 13.2 Å². The summed E-state index contributed by atoms with van der Waals surface area (Å²) in [5.74, 6) is 0.962. The summed E-state index contributed by atoms with van der Waals surface area (Å²) in [6, 6.07) is 9.50. The first-order valence-corrected chi connectivity index (χ1v) is 16.0. The molecule has 5 rings (SSSR count). The minimum atomic E-state index is -4.55. The van der Waals surface area contributed by atoms with Crippen LogP contribution in [0.2, 0.25) is 0 Å². The molecule has 1 aliphatic rings. The minimum Gasteiger partial charge on any atom is -0.497 e. The SMILES string of the molecule is CCc1ccc(OC)cc1-n1c(CC(C)C)c(C(=O)N2CCC[C@@H](C)C2)cc(-c2nc(-c3ccc(C(F)(F)F)nc3)cs2)c1=O. The van der Waals surface area contributed by atoms with Crippen molar-refractivity contribution in [3.63, 3.8) is 0 Å². The first-order valence-electron chi connectivity index (χ1n) is 15.2. The molecule has 0 radical (unpaired) electrons. The second-order valence-electron chi connectivity index (χ2n) is 12.0. The highest BCUT2D eigenvalue weighted by atomic mass is 32.1. The standard InChI is InChI=1S/C34H37F3N4O3S/c1-6-22-9-11-24(44-5)15-28(22)41-29(14-20(2)3)25(32(42)40-13-7-8-21(4)18-40)16-26(33(41)43)31-39-27(19-45-31)23-10-12-30(38-17-23)34(35,36)37/h9-12,15-17,19-21H,6-8,13-14,18H2,1-5H3/t21-/m1/s1. The van der Waals surface area contributed by atoms with E-state index in [1.165, 1.54) is 17.4 Å². The Bertz CT molecular complexity index is 1750. The molecule has 4 aromatic rings. The number of piperidine rings is 1. The third kappa shape index (κ3) is 6.83. The molecular formula is C34H37F3N4O3S. The van der Waals surface area contributed by atoms with E-state index in [1.807, 2.05) is 30.0 Å². The average molecular weight is 639 g/mol.